The van der Waals surface area contributed by atoms with E-state index in [9.17, 15) is 18.3 Å². The normalized spacial score (nSPS) is 17.4. The van der Waals surface area contributed by atoms with Crippen molar-refractivity contribution < 1.29 is 22.7 Å². The highest BCUT2D eigenvalue weighted by molar-refractivity contribution is 7.90. The van der Waals surface area contributed by atoms with Gasteiger partial charge in [0.25, 0.3) is 5.91 Å². The Bertz CT molecular complexity index is 896. The number of rotatable bonds is 4. The van der Waals surface area contributed by atoms with Gasteiger partial charge >= 0.3 is 0 Å². The van der Waals surface area contributed by atoms with Crippen LogP contribution < -0.4 is 0 Å². The molecule has 0 aliphatic carbocycles. The minimum atomic E-state index is -3.50. The van der Waals surface area contributed by atoms with Crippen LogP contribution in [0.4, 0.5) is 0 Å². The van der Waals surface area contributed by atoms with E-state index in [1.165, 1.54) is 12.1 Å². The van der Waals surface area contributed by atoms with Crippen molar-refractivity contribution in [3.8, 4) is 0 Å². The van der Waals surface area contributed by atoms with Gasteiger partial charge in [-0.15, -0.1) is 0 Å². The molecule has 0 atom stereocenters. The molecule has 0 unspecified atom stereocenters. The molecule has 0 saturated carbocycles. The SMILES string of the molecule is CS(=O)(=O)c1ccc(/C(O)=C2\CCN(Cc3ccccc3)C2=O)o1. The molecule has 1 aliphatic heterocycles. The summed E-state index contributed by atoms with van der Waals surface area (Å²) in [5.74, 6) is -0.584. The van der Waals surface area contributed by atoms with E-state index in [0.29, 0.717) is 19.5 Å². The number of likely N-dealkylation sites (tertiary alicyclic amines) is 1. The number of furan rings is 1. The second-order valence-electron chi connectivity index (χ2n) is 5.68. The van der Waals surface area contributed by atoms with Crippen molar-refractivity contribution in [2.24, 2.45) is 0 Å². The number of sulfone groups is 1. The molecule has 2 heterocycles. The van der Waals surface area contributed by atoms with E-state index < -0.39 is 9.84 Å². The highest BCUT2D eigenvalue weighted by Gasteiger charge is 2.30. The molecule has 6 nitrogen and oxygen atoms in total. The lowest BCUT2D eigenvalue weighted by molar-refractivity contribution is -0.125. The number of aliphatic hydroxyl groups is 1. The summed E-state index contributed by atoms with van der Waals surface area (Å²) in [5.41, 5.74) is 1.24. The molecule has 1 saturated heterocycles. The first-order chi connectivity index (χ1) is 11.4. The molecule has 3 rings (SSSR count). The van der Waals surface area contributed by atoms with Crippen LogP contribution in [0.5, 0.6) is 0 Å². The predicted molar refractivity (Wildman–Crippen MR) is 87.8 cm³/mol. The summed E-state index contributed by atoms with van der Waals surface area (Å²) in [7, 11) is -3.50. The number of benzene rings is 1. The van der Waals surface area contributed by atoms with Crippen LogP contribution in [0, 0.1) is 0 Å². The molecule has 1 aromatic carbocycles. The molecule has 126 valence electrons. The number of hydrogen-bond donors (Lipinski definition) is 1. The lowest BCUT2D eigenvalue weighted by Crippen LogP contribution is -2.24. The molecule has 1 aromatic heterocycles. The number of carbonyl (C=O) groups excluding carboxylic acids is 1. The van der Waals surface area contributed by atoms with Crippen molar-refractivity contribution in [3.05, 3.63) is 59.4 Å². The third-order valence-electron chi connectivity index (χ3n) is 3.86. The minimum Gasteiger partial charge on any atom is -0.504 e. The zero-order valence-electron chi connectivity index (χ0n) is 13.1. The number of amides is 1. The van der Waals surface area contributed by atoms with E-state index in [1.54, 1.807) is 4.90 Å². The molecule has 2 aromatic rings. The molecule has 1 amide bonds. The van der Waals surface area contributed by atoms with Gasteiger partial charge in [-0.2, -0.15) is 0 Å². The Labute approximate surface area is 139 Å². The van der Waals surface area contributed by atoms with Gasteiger partial charge in [0, 0.05) is 19.3 Å². The Kier molecular flexibility index (Phi) is 4.19. The summed E-state index contributed by atoms with van der Waals surface area (Å²) in [4.78, 5) is 14.1. The average Bonchev–Trinajstić information content (AvgIpc) is 3.16. The van der Waals surface area contributed by atoms with Crippen LogP contribution in [0.2, 0.25) is 0 Å². The van der Waals surface area contributed by atoms with E-state index in [-0.39, 0.29) is 28.1 Å². The van der Waals surface area contributed by atoms with Crippen molar-refractivity contribution in [2.45, 2.75) is 18.1 Å². The maximum Gasteiger partial charge on any atom is 0.254 e. The van der Waals surface area contributed by atoms with Crippen LogP contribution in [0.15, 0.2) is 57.5 Å². The van der Waals surface area contributed by atoms with Gasteiger partial charge < -0.3 is 14.4 Å². The van der Waals surface area contributed by atoms with E-state index in [2.05, 4.69) is 0 Å². The van der Waals surface area contributed by atoms with E-state index in [0.717, 1.165) is 11.8 Å². The quantitative estimate of drug-likeness (QED) is 0.678. The molecule has 24 heavy (non-hydrogen) atoms. The number of nitrogens with zero attached hydrogens (tertiary/aromatic N) is 1. The summed E-state index contributed by atoms with van der Waals surface area (Å²) in [6.07, 6.45) is 1.40. The Morgan fingerprint density at radius 2 is 1.92 bits per heavy atom. The first-order valence-corrected chi connectivity index (χ1v) is 9.31. The van der Waals surface area contributed by atoms with Gasteiger partial charge in [-0.1, -0.05) is 30.3 Å². The average molecular weight is 347 g/mol. The lowest BCUT2D eigenvalue weighted by atomic mass is 10.1. The first-order valence-electron chi connectivity index (χ1n) is 7.42. The smallest absolute Gasteiger partial charge is 0.254 e. The van der Waals surface area contributed by atoms with Crippen LogP contribution in [0.25, 0.3) is 5.76 Å². The zero-order chi connectivity index (χ0) is 17.3. The largest absolute Gasteiger partial charge is 0.504 e. The molecular weight excluding hydrogens is 330 g/mol. The monoisotopic (exact) mass is 347 g/mol. The van der Waals surface area contributed by atoms with Crippen LogP contribution in [-0.2, 0) is 21.2 Å². The fourth-order valence-electron chi connectivity index (χ4n) is 2.62. The van der Waals surface area contributed by atoms with Crippen LogP contribution in [-0.4, -0.2) is 37.1 Å². The predicted octanol–water partition coefficient (Wildman–Crippen LogP) is 2.38. The molecular formula is C17H17NO5S. The lowest BCUT2D eigenvalue weighted by Gasteiger charge is -2.15. The number of hydrogen-bond acceptors (Lipinski definition) is 5. The van der Waals surface area contributed by atoms with Gasteiger partial charge in [0.05, 0.1) is 5.57 Å². The molecule has 1 aliphatic rings. The molecule has 7 heteroatoms. The topological polar surface area (TPSA) is 87.8 Å². The van der Waals surface area contributed by atoms with Crippen molar-refractivity contribution in [2.75, 3.05) is 12.8 Å². The summed E-state index contributed by atoms with van der Waals surface area (Å²) >= 11 is 0. The van der Waals surface area contributed by atoms with Gasteiger partial charge in [0.1, 0.15) is 0 Å². The van der Waals surface area contributed by atoms with Gasteiger partial charge in [0.2, 0.25) is 14.9 Å². The van der Waals surface area contributed by atoms with Crippen LogP contribution >= 0.6 is 0 Å². The maximum atomic E-state index is 12.5. The van der Waals surface area contributed by atoms with Crippen molar-refractivity contribution in [1.29, 1.82) is 0 Å². The third kappa shape index (κ3) is 3.21. The van der Waals surface area contributed by atoms with Gasteiger partial charge in [-0.05, 0) is 24.1 Å². The first kappa shape index (κ1) is 16.3. The van der Waals surface area contributed by atoms with E-state index >= 15 is 0 Å². The van der Waals surface area contributed by atoms with Gasteiger partial charge in [-0.25, -0.2) is 8.42 Å². The summed E-state index contributed by atoms with van der Waals surface area (Å²) in [6, 6.07) is 12.2. The fourth-order valence-corrected chi connectivity index (χ4v) is 3.17. The standard InChI is InChI=1S/C17H17NO5S/c1-24(21,22)15-8-7-14(23-15)16(19)13-9-10-18(17(13)20)11-12-5-3-2-4-6-12/h2-8,19H,9-11H2,1H3/b16-13-. The van der Waals surface area contributed by atoms with Crippen LogP contribution in [0.1, 0.15) is 17.7 Å². The zero-order valence-corrected chi connectivity index (χ0v) is 13.9. The Morgan fingerprint density at radius 3 is 2.54 bits per heavy atom. The maximum absolute atomic E-state index is 12.5. The Balaban J connectivity index is 1.83. The minimum absolute atomic E-state index is 0.0136. The Morgan fingerprint density at radius 1 is 1.21 bits per heavy atom. The number of carbonyl (C=O) groups is 1. The third-order valence-corrected chi connectivity index (χ3v) is 4.81. The van der Waals surface area contributed by atoms with Gasteiger partial charge in [-0.3, -0.25) is 4.79 Å². The highest BCUT2D eigenvalue weighted by atomic mass is 32.2. The Hall–Kier alpha value is -2.54. The molecule has 0 radical (unpaired) electrons. The highest BCUT2D eigenvalue weighted by Crippen LogP contribution is 2.28. The second kappa shape index (κ2) is 6.16. The summed E-state index contributed by atoms with van der Waals surface area (Å²) in [6.45, 7) is 0.954. The molecule has 0 spiro atoms. The fraction of sp³-hybridized carbons (Fsp3) is 0.235. The van der Waals surface area contributed by atoms with Crippen LogP contribution in [0.3, 0.4) is 0 Å². The van der Waals surface area contributed by atoms with Crippen molar-refractivity contribution in [1.82, 2.24) is 4.90 Å². The summed E-state index contributed by atoms with van der Waals surface area (Å²) < 4.78 is 28.0. The molecule has 1 N–H and O–H groups in total. The van der Waals surface area contributed by atoms with Crippen molar-refractivity contribution in [3.63, 3.8) is 0 Å². The molecule has 0 bridgehead atoms. The van der Waals surface area contributed by atoms with E-state index in [1.807, 2.05) is 30.3 Å². The number of aliphatic hydroxyl groups excluding tert-OH is 1. The second-order valence-corrected chi connectivity index (χ2v) is 7.63. The van der Waals surface area contributed by atoms with E-state index in [4.69, 9.17) is 4.42 Å². The van der Waals surface area contributed by atoms with Crippen molar-refractivity contribution >= 4 is 21.5 Å². The molecule has 1 fully saturated rings. The summed E-state index contributed by atoms with van der Waals surface area (Å²) in [5, 5.41) is 10.1. The van der Waals surface area contributed by atoms with Gasteiger partial charge in [0.15, 0.2) is 11.5 Å².